The van der Waals surface area contributed by atoms with E-state index in [9.17, 15) is 9.59 Å². The molecule has 5 heteroatoms. The number of nitrogens with one attached hydrogen (secondary N) is 1. The first-order valence-corrected chi connectivity index (χ1v) is 13.8. The maximum Gasteiger partial charge on any atom is 0.336 e. The maximum absolute atomic E-state index is 13.9. The maximum atomic E-state index is 13.9. The van der Waals surface area contributed by atoms with Gasteiger partial charge in [0.1, 0.15) is 12.4 Å². The van der Waals surface area contributed by atoms with Crippen molar-refractivity contribution in [1.29, 1.82) is 0 Å². The van der Waals surface area contributed by atoms with Crippen molar-refractivity contribution >= 4 is 11.8 Å². The highest BCUT2D eigenvalue weighted by Crippen LogP contribution is 2.47. The molecule has 0 fully saturated rings. The van der Waals surface area contributed by atoms with Gasteiger partial charge in [-0.15, -0.1) is 0 Å². The number of carbonyl (C=O) groups is 2. The number of dihydropyridines is 1. The van der Waals surface area contributed by atoms with Crippen molar-refractivity contribution in [1.82, 2.24) is 5.32 Å². The molecule has 2 aliphatic rings. The second-order valence-electron chi connectivity index (χ2n) is 10.2. The van der Waals surface area contributed by atoms with Gasteiger partial charge in [-0.2, -0.15) is 0 Å². The van der Waals surface area contributed by atoms with Gasteiger partial charge in [-0.25, -0.2) is 4.79 Å². The molecule has 0 spiro atoms. The topological polar surface area (TPSA) is 64.6 Å². The summed E-state index contributed by atoms with van der Waals surface area (Å²) in [6.45, 7) is 4.69. The van der Waals surface area contributed by atoms with Crippen LogP contribution >= 0.6 is 0 Å². The van der Waals surface area contributed by atoms with Gasteiger partial charge in [0.05, 0.1) is 18.1 Å². The van der Waals surface area contributed by atoms with Crippen LogP contribution in [0, 0.1) is 0 Å². The van der Waals surface area contributed by atoms with Crippen LogP contribution in [-0.2, 0) is 20.9 Å². The fraction of sp³-hybridized carbons (Fsp3) is 0.294. The van der Waals surface area contributed by atoms with Crippen molar-refractivity contribution in [3.05, 3.63) is 124 Å². The van der Waals surface area contributed by atoms with Crippen molar-refractivity contribution in [2.45, 2.75) is 58.0 Å². The van der Waals surface area contributed by atoms with Gasteiger partial charge >= 0.3 is 5.97 Å². The number of rotatable bonds is 9. The van der Waals surface area contributed by atoms with Crippen LogP contribution in [0.2, 0.25) is 0 Å². The number of unbranched alkanes of at least 4 members (excludes halogenated alkanes) is 1. The van der Waals surface area contributed by atoms with Crippen LogP contribution in [0.25, 0.3) is 0 Å². The number of hydrogen-bond acceptors (Lipinski definition) is 5. The zero-order chi connectivity index (χ0) is 27.2. The third-order valence-corrected chi connectivity index (χ3v) is 7.52. The minimum absolute atomic E-state index is 0.0480. The van der Waals surface area contributed by atoms with Crippen LogP contribution < -0.4 is 10.1 Å². The summed E-state index contributed by atoms with van der Waals surface area (Å²) in [5, 5.41) is 3.44. The molecule has 1 aliphatic carbocycles. The number of ketones is 1. The van der Waals surface area contributed by atoms with Gasteiger partial charge in [0.15, 0.2) is 5.78 Å². The lowest BCUT2D eigenvalue weighted by atomic mass is 9.71. The van der Waals surface area contributed by atoms with Gasteiger partial charge < -0.3 is 14.8 Å². The predicted octanol–water partition coefficient (Wildman–Crippen LogP) is 6.97. The molecule has 0 unspecified atom stereocenters. The van der Waals surface area contributed by atoms with E-state index >= 15 is 0 Å². The Kier molecular flexibility index (Phi) is 8.26. The Balaban J connectivity index is 1.55. The molecule has 1 heterocycles. The standard InChI is InChI=1S/C34H35NO4/c1-3-4-19-38-34(37)31-23(2)35-28-20-26(25-15-9-6-10-16-25)21-29(36)33(28)32(31)27-17-11-12-18-30(27)39-22-24-13-7-5-8-14-24/h5-18,26,32,35H,3-4,19-22H2,1-2H3/t26-,32+/m1/s1. The van der Waals surface area contributed by atoms with Crippen molar-refractivity contribution in [3.63, 3.8) is 0 Å². The number of carbonyl (C=O) groups excluding carboxylic acids is 2. The monoisotopic (exact) mass is 521 g/mol. The minimum Gasteiger partial charge on any atom is -0.489 e. The summed E-state index contributed by atoms with van der Waals surface area (Å²) >= 11 is 0. The summed E-state index contributed by atoms with van der Waals surface area (Å²) in [5.41, 5.74) is 5.72. The summed E-state index contributed by atoms with van der Waals surface area (Å²) in [4.78, 5) is 27.4. The van der Waals surface area contributed by atoms with Gasteiger partial charge in [-0.1, -0.05) is 92.2 Å². The van der Waals surface area contributed by atoms with E-state index in [0.717, 1.165) is 40.9 Å². The second-order valence-corrected chi connectivity index (χ2v) is 10.2. The predicted molar refractivity (Wildman–Crippen MR) is 152 cm³/mol. The fourth-order valence-corrected chi connectivity index (χ4v) is 5.55. The molecule has 5 rings (SSSR count). The van der Waals surface area contributed by atoms with E-state index < -0.39 is 5.92 Å². The molecular weight excluding hydrogens is 486 g/mol. The SMILES string of the molecule is CCCCOC(=O)C1=C(C)NC2=C(C(=O)C[C@H](c3ccccc3)C2)[C@H]1c1ccccc1OCc1ccccc1. The zero-order valence-corrected chi connectivity index (χ0v) is 22.6. The van der Waals surface area contributed by atoms with Gasteiger partial charge in [-0.3, -0.25) is 4.79 Å². The molecule has 5 nitrogen and oxygen atoms in total. The van der Waals surface area contributed by atoms with E-state index in [1.807, 2.05) is 79.7 Å². The number of benzene rings is 3. The number of hydrogen-bond donors (Lipinski definition) is 1. The highest BCUT2D eigenvalue weighted by Gasteiger charge is 2.42. The normalized spacial score (nSPS) is 18.9. The van der Waals surface area contributed by atoms with Gasteiger partial charge in [-0.05, 0) is 42.9 Å². The van der Waals surface area contributed by atoms with Crippen LogP contribution in [0.4, 0.5) is 0 Å². The molecule has 0 saturated carbocycles. The average molecular weight is 522 g/mol. The number of para-hydroxylation sites is 1. The first-order valence-electron chi connectivity index (χ1n) is 13.8. The average Bonchev–Trinajstić information content (AvgIpc) is 2.96. The smallest absolute Gasteiger partial charge is 0.336 e. The number of allylic oxidation sites excluding steroid dienone is 3. The van der Waals surface area contributed by atoms with E-state index in [1.165, 1.54) is 0 Å². The molecule has 1 N–H and O–H groups in total. The molecule has 3 aromatic carbocycles. The number of esters is 1. The molecule has 0 saturated heterocycles. The number of Topliss-reactive ketones (excluding diaryl/α,β-unsaturated/α-hetero) is 1. The fourth-order valence-electron chi connectivity index (χ4n) is 5.55. The minimum atomic E-state index is -0.563. The first kappa shape index (κ1) is 26.5. The van der Waals surface area contributed by atoms with Crippen LogP contribution in [0.15, 0.2) is 107 Å². The molecule has 1 aliphatic heterocycles. The van der Waals surface area contributed by atoms with Crippen molar-refractivity contribution in [2.24, 2.45) is 0 Å². The Morgan fingerprint density at radius 1 is 0.923 bits per heavy atom. The van der Waals surface area contributed by atoms with Crippen LogP contribution in [0.1, 0.15) is 68.1 Å². The Labute approximate surface area is 230 Å². The van der Waals surface area contributed by atoms with E-state index in [1.54, 1.807) is 0 Å². The number of ether oxygens (including phenoxy) is 2. The van der Waals surface area contributed by atoms with Gasteiger partial charge in [0.2, 0.25) is 0 Å². The van der Waals surface area contributed by atoms with Crippen molar-refractivity contribution in [2.75, 3.05) is 6.61 Å². The quantitative estimate of drug-likeness (QED) is 0.243. The van der Waals surface area contributed by atoms with Gasteiger partial charge in [0.25, 0.3) is 0 Å². The van der Waals surface area contributed by atoms with Gasteiger partial charge in [0, 0.05) is 29.0 Å². The highest BCUT2D eigenvalue weighted by atomic mass is 16.5. The van der Waals surface area contributed by atoms with E-state index in [2.05, 4.69) is 24.4 Å². The summed E-state index contributed by atoms with van der Waals surface area (Å²) in [5.74, 6) is -0.162. The molecule has 0 amide bonds. The molecule has 0 bridgehead atoms. The highest BCUT2D eigenvalue weighted by molar-refractivity contribution is 6.04. The Morgan fingerprint density at radius 3 is 2.36 bits per heavy atom. The van der Waals surface area contributed by atoms with E-state index in [0.29, 0.717) is 43.0 Å². The van der Waals surface area contributed by atoms with Crippen molar-refractivity contribution in [3.8, 4) is 5.75 Å². The van der Waals surface area contributed by atoms with Crippen LogP contribution in [0.3, 0.4) is 0 Å². The molecule has 0 radical (unpaired) electrons. The third-order valence-electron chi connectivity index (χ3n) is 7.52. The third kappa shape index (κ3) is 5.83. The Morgan fingerprint density at radius 2 is 1.62 bits per heavy atom. The Bertz CT molecular complexity index is 1390. The lowest BCUT2D eigenvalue weighted by Gasteiger charge is -2.37. The largest absolute Gasteiger partial charge is 0.489 e. The first-order chi connectivity index (χ1) is 19.1. The van der Waals surface area contributed by atoms with E-state index in [-0.39, 0.29) is 17.7 Å². The molecule has 0 aromatic heterocycles. The summed E-state index contributed by atoms with van der Waals surface area (Å²) in [6, 6.07) is 27.9. The molecular formula is C34H35NO4. The lowest BCUT2D eigenvalue weighted by Crippen LogP contribution is -2.36. The molecule has 3 aromatic rings. The zero-order valence-electron chi connectivity index (χ0n) is 22.6. The molecule has 2 atom stereocenters. The Hall–Kier alpha value is -4.12. The molecule has 39 heavy (non-hydrogen) atoms. The summed E-state index contributed by atoms with van der Waals surface area (Å²) in [6.07, 6.45) is 2.81. The van der Waals surface area contributed by atoms with Crippen molar-refractivity contribution < 1.29 is 19.1 Å². The summed E-state index contributed by atoms with van der Waals surface area (Å²) < 4.78 is 12.0. The second kappa shape index (κ2) is 12.2. The van der Waals surface area contributed by atoms with Crippen LogP contribution in [0.5, 0.6) is 5.75 Å². The summed E-state index contributed by atoms with van der Waals surface area (Å²) in [7, 11) is 0. The lowest BCUT2D eigenvalue weighted by molar-refractivity contribution is -0.139. The molecule has 200 valence electrons. The van der Waals surface area contributed by atoms with E-state index in [4.69, 9.17) is 9.47 Å². The van der Waals surface area contributed by atoms with Crippen LogP contribution in [-0.4, -0.2) is 18.4 Å².